The van der Waals surface area contributed by atoms with Gasteiger partial charge in [0.1, 0.15) is 11.6 Å². The monoisotopic (exact) mass is 261 g/mol. The lowest BCUT2D eigenvalue weighted by Gasteiger charge is -2.05. The van der Waals surface area contributed by atoms with Crippen molar-refractivity contribution >= 4 is 11.7 Å². The van der Waals surface area contributed by atoms with E-state index in [4.69, 9.17) is 0 Å². The van der Waals surface area contributed by atoms with Gasteiger partial charge in [0.25, 0.3) is 5.91 Å². The molecule has 0 radical (unpaired) electrons. The van der Waals surface area contributed by atoms with Crippen molar-refractivity contribution in [3.05, 3.63) is 57.4 Å². The highest BCUT2D eigenvalue weighted by Crippen LogP contribution is 2.11. The van der Waals surface area contributed by atoms with Crippen LogP contribution in [0, 0.1) is 19.7 Å². The number of hydrogen-bond donors (Lipinski definition) is 2. The number of aryl methyl sites for hydroxylation is 2. The number of carbonyl (C=O) groups is 1. The van der Waals surface area contributed by atoms with Crippen molar-refractivity contribution in [2.75, 3.05) is 5.32 Å². The molecule has 0 aliphatic carbocycles. The predicted molar refractivity (Wildman–Crippen MR) is 68.7 cm³/mol. The lowest BCUT2D eigenvalue weighted by molar-refractivity contribution is 0.102. The molecule has 2 N–H and O–H groups in total. The second-order valence-electron chi connectivity index (χ2n) is 4.17. The van der Waals surface area contributed by atoms with E-state index in [-0.39, 0.29) is 11.6 Å². The fourth-order valence-corrected chi connectivity index (χ4v) is 1.62. The molecular formula is C13H12FN3O2. The Balaban J connectivity index is 2.25. The average Bonchev–Trinajstić information content (AvgIpc) is 2.31. The molecule has 0 saturated carbocycles. The van der Waals surface area contributed by atoms with Crippen molar-refractivity contribution in [1.82, 2.24) is 9.97 Å². The van der Waals surface area contributed by atoms with Crippen molar-refractivity contribution in [2.24, 2.45) is 0 Å². The number of anilines is 1. The van der Waals surface area contributed by atoms with Gasteiger partial charge < -0.3 is 10.3 Å². The molecule has 0 atom stereocenters. The summed E-state index contributed by atoms with van der Waals surface area (Å²) in [6, 6.07) is 5.57. The lowest BCUT2D eigenvalue weighted by atomic mass is 10.1. The van der Waals surface area contributed by atoms with E-state index in [1.807, 2.05) is 0 Å². The van der Waals surface area contributed by atoms with Gasteiger partial charge in [0.15, 0.2) is 0 Å². The first-order valence-electron chi connectivity index (χ1n) is 5.61. The van der Waals surface area contributed by atoms with Gasteiger partial charge in [0, 0.05) is 17.3 Å². The Kier molecular flexibility index (Phi) is 3.41. The normalized spacial score (nSPS) is 10.3. The van der Waals surface area contributed by atoms with Crippen LogP contribution in [-0.2, 0) is 0 Å². The average molecular weight is 261 g/mol. The summed E-state index contributed by atoms with van der Waals surface area (Å²) in [5.74, 6) is -0.657. The SMILES string of the molecule is Cc1cc(NC(=O)c2ccc(F)c(C)c2)nc(=O)[nH]1. The smallest absolute Gasteiger partial charge is 0.310 e. The number of H-pyrrole nitrogens is 1. The lowest BCUT2D eigenvalue weighted by Crippen LogP contribution is -2.19. The van der Waals surface area contributed by atoms with E-state index in [0.29, 0.717) is 16.8 Å². The van der Waals surface area contributed by atoms with E-state index in [9.17, 15) is 14.0 Å². The van der Waals surface area contributed by atoms with Crippen LogP contribution in [0.4, 0.5) is 10.2 Å². The van der Waals surface area contributed by atoms with Gasteiger partial charge in [-0.2, -0.15) is 4.98 Å². The molecule has 5 nitrogen and oxygen atoms in total. The van der Waals surface area contributed by atoms with E-state index in [0.717, 1.165) is 0 Å². The van der Waals surface area contributed by atoms with E-state index >= 15 is 0 Å². The van der Waals surface area contributed by atoms with E-state index in [1.165, 1.54) is 24.3 Å². The zero-order valence-corrected chi connectivity index (χ0v) is 10.5. The van der Waals surface area contributed by atoms with Crippen LogP contribution >= 0.6 is 0 Å². The first kappa shape index (κ1) is 12.9. The van der Waals surface area contributed by atoms with Crippen LogP contribution in [0.15, 0.2) is 29.1 Å². The fraction of sp³-hybridized carbons (Fsp3) is 0.154. The van der Waals surface area contributed by atoms with Gasteiger partial charge in [-0.1, -0.05) is 0 Å². The topological polar surface area (TPSA) is 74.8 Å². The summed E-state index contributed by atoms with van der Waals surface area (Å²) in [5, 5.41) is 2.49. The molecule has 0 unspecified atom stereocenters. The molecule has 0 aliphatic rings. The van der Waals surface area contributed by atoms with Gasteiger partial charge >= 0.3 is 5.69 Å². The maximum Gasteiger partial charge on any atom is 0.347 e. The van der Waals surface area contributed by atoms with Gasteiger partial charge in [-0.05, 0) is 37.6 Å². The Morgan fingerprint density at radius 2 is 2.05 bits per heavy atom. The molecule has 98 valence electrons. The number of aromatic nitrogens is 2. The Morgan fingerprint density at radius 1 is 1.32 bits per heavy atom. The second kappa shape index (κ2) is 5.01. The summed E-state index contributed by atoms with van der Waals surface area (Å²) in [5.41, 5.74) is 0.734. The van der Waals surface area contributed by atoms with Gasteiger partial charge in [-0.3, -0.25) is 4.79 Å². The largest absolute Gasteiger partial charge is 0.347 e. The number of benzene rings is 1. The molecule has 1 amide bonds. The number of hydrogen-bond acceptors (Lipinski definition) is 3. The Morgan fingerprint density at radius 3 is 2.68 bits per heavy atom. The van der Waals surface area contributed by atoms with Gasteiger partial charge in [-0.15, -0.1) is 0 Å². The Hall–Kier alpha value is -2.50. The Bertz CT molecular complexity index is 695. The van der Waals surface area contributed by atoms with Crippen LogP contribution in [-0.4, -0.2) is 15.9 Å². The standard InChI is InChI=1S/C13H12FN3O2/c1-7-5-9(3-4-10(7)14)12(18)16-11-6-8(2)15-13(19)17-11/h3-6H,1-2H3,(H2,15,16,17,18,19). The molecule has 1 heterocycles. The van der Waals surface area contributed by atoms with Crippen molar-refractivity contribution in [1.29, 1.82) is 0 Å². The maximum absolute atomic E-state index is 13.1. The molecule has 6 heteroatoms. The molecule has 0 fully saturated rings. The van der Waals surface area contributed by atoms with E-state index in [2.05, 4.69) is 15.3 Å². The third kappa shape index (κ3) is 3.04. The zero-order chi connectivity index (χ0) is 14.0. The highest BCUT2D eigenvalue weighted by molar-refractivity contribution is 6.03. The number of carbonyl (C=O) groups excluding carboxylic acids is 1. The van der Waals surface area contributed by atoms with Crippen LogP contribution in [0.1, 0.15) is 21.6 Å². The highest BCUT2D eigenvalue weighted by atomic mass is 19.1. The summed E-state index contributed by atoms with van der Waals surface area (Å²) >= 11 is 0. The maximum atomic E-state index is 13.1. The fourth-order valence-electron chi connectivity index (χ4n) is 1.62. The third-order valence-corrected chi connectivity index (χ3v) is 2.54. The molecule has 19 heavy (non-hydrogen) atoms. The first-order chi connectivity index (χ1) is 8.95. The van der Waals surface area contributed by atoms with Crippen LogP contribution in [0.25, 0.3) is 0 Å². The number of nitrogens with zero attached hydrogens (tertiary/aromatic N) is 1. The minimum absolute atomic E-state index is 0.160. The van der Waals surface area contributed by atoms with E-state index in [1.54, 1.807) is 13.8 Å². The molecule has 0 bridgehead atoms. The number of rotatable bonds is 2. The van der Waals surface area contributed by atoms with E-state index < -0.39 is 11.6 Å². The Labute approximate surface area is 108 Å². The summed E-state index contributed by atoms with van der Waals surface area (Å²) in [7, 11) is 0. The zero-order valence-electron chi connectivity index (χ0n) is 10.5. The van der Waals surface area contributed by atoms with Crippen molar-refractivity contribution in [3.8, 4) is 0 Å². The van der Waals surface area contributed by atoms with Crippen molar-refractivity contribution < 1.29 is 9.18 Å². The number of aromatic amines is 1. The molecule has 2 aromatic rings. The predicted octanol–water partition coefficient (Wildman–Crippen LogP) is 1.78. The summed E-state index contributed by atoms with van der Waals surface area (Å²) in [6.07, 6.45) is 0. The van der Waals surface area contributed by atoms with Crippen molar-refractivity contribution in [3.63, 3.8) is 0 Å². The highest BCUT2D eigenvalue weighted by Gasteiger charge is 2.09. The van der Waals surface area contributed by atoms with Crippen LogP contribution in [0.3, 0.4) is 0 Å². The quantitative estimate of drug-likeness (QED) is 0.865. The summed E-state index contributed by atoms with van der Waals surface area (Å²) in [4.78, 5) is 29.2. The van der Waals surface area contributed by atoms with Crippen LogP contribution < -0.4 is 11.0 Å². The minimum atomic E-state index is -0.536. The molecule has 0 spiro atoms. The van der Waals surface area contributed by atoms with Crippen LogP contribution in [0.2, 0.25) is 0 Å². The number of nitrogens with one attached hydrogen (secondary N) is 2. The molecule has 1 aromatic heterocycles. The summed E-state index contributed by atoms with van der Waals surface area (Å²) in [6.45, 7) is 3.25. The molecule has 0 saturated heterocycles. The minimum Gasteiger partial charge on any atom is -0.310 e. The molecule has 2 rings (SSSR count). The molecular weight excluding hydrogens is 249 g/mol. The van der Waals surface area contributed by atoms with Gasteiger partial charge in [0.05, 0.1) is 0 Å². The van der Waals surface area contributed by atoms with Crippen molar-refractivity contribution in [2.45, 2.75) is 13.8 Å². The molecule has 0 aliphatic heterocycles. The van der Waals surface area contributed by atoms with Gasteiger partial charge in [0.2, 0.25) is 0 Å². The molecule has 1 aromatic carbocycles. The summed E-state index contributed by atoms with van der Waals surface area (Å²) < 4.78 is 13.1. The third-order valence-electron chi connectivity index (χ3n) is 2.54. The van der Waals surface area contributed by atoms with Gasteiger partial charge in [-0.25, -0.2) is 9.18 Å². The second-order valence-corrected chi connectivity index (χ2v) is 4.17. The number of halogens is 1. The number of amides is 1. The van der Waals surface area contributed by atoms with Crippen LogP contribution in [0.5, 0.6) is 0 Å². The first-order valence-corrected chi connectivity index (χ1v) is 5.61.